The molecule has 11 aromatic carbocycles. The van der Waals surface area contributed by atoms with Crippen LogP contribution in [0.1, 0.15) is 0 Å². The third kappa shape index (κ3) is 6.07. The zero-order chi connectivity index (χ0) is 46.2. The van der Waals surface area contributed by atoms with Gasteiger partial charge in [-0.2, -0.15) is 0 Å². The molecule has 0 N–H and O–H groups in total. The molecule has 0 spiro atoms. The van der Waals surface area contributed by atoms with Crippen molar-refractivity contribution in [2.45, 2.75) is 0 Å². The molecule has 0 saturated heterocycles. The van der Waals surface area contributed by atoms with E-state index in [0.29, 0.717) is 0 Å². The second-order valence-electron chi connectivity index (χ2n) is 18.5. The lowest BCUT2D eigenvalue weighted by Gasteiger charge is -2.34. The molecule has 14 rings (SSSR count). The Kier molecular flexibility index (Phi) is 9.23. The molecule has 0 unspecified atom stereocenters. The first-order valence-electron chi connectivity index (χ1n) is 24.2. The first-order valence-corrected chi connectivity index (χ1v) is 26.2. The van der Waals surface area contributed by atoms with Crippen LogP contribution in [0.5, 0.6) is 0 Å². The van der Waals surface area contributed by atoms with Crippen molar-refractivity contribution in [3.05, 3.63) is 273 Å². The number of hydrogen-bond donors (Lipinski definition) is 0. The Morgan fingerprint density at radius 2 is 0.571 bits per heavy atom. The fourth-order valence-electron chi connectivity index (χ4n) is 11.8. The highest BCUT2D eigenvalue weighted by Gasteiger charge is 2.41. The van der Waals surface area contributed by atoms with Gasteiger partial charge in [0.2, 0.25) is 0 Å². The summed E-state index contributed by atoms with van der Waals surface area (Å²) in [4.78, 5) is 0. The standard InChI is InChI=1S/C66H45N3Si/c1-5-20-46(21-6-1)47-36-39-58-60-44-49(68-61-33-16-13-30-55(61)56-31-14-17-34-62(56)68)37-41-65(60)69(66(58)42-47)50-38-40-64-59(45-50)57-32-15-18-35-63(57)67(64)48-22-19-29-54(43-48)70(51-23-7-2-8-24-51,52-25-9-3-10-26-52)53-27-11-4-12-28-53/h1-45H. The van der Waals surface area contributed by atoms with Gasteiger partial charge in [0.15, 0.2) is 8.07 Å². The topological polar surface area (TPSA) is 14.8 Å². The van der Waals surface area contributed by atoms with Crippen molar-refractivity contribution >= 4 is 94.2 Å². The molecule has 0 radical (unpaired) electrons. The number of hydrogen-bond acceptors (Lipinski definition) is 0. The molecule has 70 heavy (non-hydrogen) atoms. The Morgan fingerprint density at radius 1 is 0.200 bits per heavy atom. The van der Waals surface area contributed by atoms with E-state index in [9.17, 15) is 0 Å². The van der Waals surface area contributed by atoms with Crippen molar-refractivity contribution < 1.29 is 0 Å². The molecule has 0 aliphatic rings. The third-order valence-corrected chi connectivity index (χ3v) is 19.5. The Morgan fingerprint density at radius 3 is 1.07 bits per heavy atom. The van der Waals surface area contributed by atoms with E-state index in [2.05, 4.69) is 287 Å². The summed E-state index contributed by atoms with van der Waals surface area (Å²) in [6.45, 7) is 0. The number of benzene rings is 11. The van der Waals surface area contributed by atoms with Gasteiger partial charge >= 0.3 is 0 Å². The highest BCUT2D eigenvalue weighted by Crippen LogP contribution is 2.40. The fourth-order valence-corrected chi connectivity index (χ4v) is 16.5. The summed E-state index contributed by atoms with van der Waals surface area (Å²) < 4.78 is 7.39. The van der Waals surface area contributed by atoms with Gasteiger partial charge in [-0.1, -0.05) is 200 Å². The monoisotopic (exact) mass is 907 g/mol. The molecule has 328 valence electrons. The largest absolute Gasteiger partial charge is 0.309 e. The highest BCUT2D eigenvalue weighted by atomic mass is 28.3. The maximum absolute atomic E-state index is 2.77. The fraction of sp³-hybridized carbons (Fsp3) is 0. The zero-order valence-corrected chi connectivity index (χ0v) is 39.3. The minimum atomic E-state index is -2.77. The molecule has 3 nitrogen and oxygen atoms in total. The lowest BCUT2D eigenvalue weighted by Crippen LogP contribution is -2.74. The van der Waals surface area contributed by atoms with Crippen LogP contribution >= 0.6 is 0 Å². The average Bonchev–Trinajstić information content (AvgIpc) is 4.07. The Balaban J connectivity index is 0.990. The summed E-state index contributed by atoms with van der Waals surface area (Å²) in [5.74, 6) is 0. The maximum atomic E-state index is 2.48. The summed E-state index contributed by atoms with van der Waals surface area (Å²) >= 11 is 0. The predicted molar refractivity (Wildman–Crippen MR) is 299 cm³/mol. The van der Waals surface area contributed by atoms with Gasteiger partial charge in [-0.3, -0.25) is 0 Å². The van der Waals surface area contributed by atoms with E-state index in [-0.39, 0.29) is 0 Å². The lowest BCUT2D eigenvalue weighted by molar-refractivity contribution is 1.16. The lowest BCUT2D eigenvalue weighted by atomic mass is 10.0. The van der Waals surface area contributed by atoms with E-state index in [1.165, 1.54) is 97.3 Å². The molecular formula is C66H45N3Si. The molecule has 3 aromatic heterocycles. The van der Waals surface area contributed by atoms with Crippen LogP contribution in [0.15, 0.2) is 273 Å². The van der Waals surface area contributed by atoms with Gasteiger partial charge in [-0.05, 0) is 105 Å². The van der Waals surface area contributed by atoms with Crippen molar-refractivity contribution in [1.29, 1.82) is 0 Å². The van der Waals surface area contributed by atoms with E-state index < -0.39 is 8.07 Å². The van der Waals surface area contributed by atoms with Gasteiger partial charge in [0, 0.05) is 49.4 Å². The second kappa shape index (κ2) is 16.1. The van der Waals surface area contributed by atoms with E-state index >= 15 is 0 Å². The van der Waals surface area contributed by atoms with Crippen LogP contribution in [0.2, 0.25) is 0 Å². The van der Waals surface area contributed by atoms with Gasteiger partial charge in [0.05, 0.1) is 33.1 Å². The van der Waals surface area contributed by atoms with Gasteiger partial charge in [0.1, 0.15) is 0 Å². The molecule has 0 atom stereocenters. The SMILES string of the molecule is c1ccc(-c2ccc3c4cc(-n5c6ccccc6c6ccccc65)ccc4n(-c4ccc5c(c4)c4ccccc4n5-c4cccc([Si](c5ccccc5)(c5ccccc5)c5ccccc5)c4)c3c2)cc1. The summed E-state index contributed by atoms with van der Waals surface area (Å²) in [5.41, 5.74) is 12.9. The molecule has 0 bridgehead atoms. The minimum Gasteiger partial charge on any atom is -0.309 e. The van der Waals surface area contributed by atoms with Crippen LogP contribution in [-0.2, 0) is 0 Å². The number of fused-ring (bicyclic) bond motifs is 9. The highest BCUT2D eigenvalue weighted by molar-refractivity contribution is 7.19. The first-order chi connectivity index (χ1) is 34.7. The Labute approximate surface area is 407 Å². The predicted octanol–water partition coefficient (Wildman–Crippen LogP) is 14.0. The summed E-state index contributed by atoms with van der Waals surface area (Å²) in [5, 5.41) is 12.8. The van der Waals surface area contributed by atoms with Crippen LogP contribution in [-0.4, -0.2) is 21.8 Å². The number of para-hydroxylation sites is 3. The van der Waals surface area contributed by atoms with Gasteiger partial charge in [-0.15, -0.1) is 0 Å². The van der Waals surface area contributed by atoms with Crippen LogP contribution in [0.25, 0.3) is 93.6 Å². The maximum Gasteiger partial charge on any atom is 0.179 e. The molecule has 0 fully saturated rings. The van der Waals surface area contributed by atoms with Crippen LogP contribution in [0, 0.1) is 0 Å². The second-order valence-corrected chi connectivity index (χ2v) is 22.3. The van der Waals surface area contributed by atoms with Gasteiger partial charge in [0.25, 0.3) is 0 Å². The zero-order valence-electron chi connectivity index (χ0n) is 38.3. The van der Waals surface area contributed by atoms with Crippen LogP contribution in [0.3, 0.4) is 0 Å². The number of aromatic nitrogens is 3. The van der Waals surface area contributed by atoms with Gasteiger partial charge in [-0.25, -0.2) is 0 Å². The summed E-state index contributed by atoms with van der Waals surface area (Å²) in [6, 6.07) is 101. The molecule has 0 amide bonds. The molecule has 0 aliphatic heterocycles. The van der Waals surface area contributed by atoms with Crippen molar-refractivity contribution in [2.24, 2.45) is 0 Å². The number of rotatable bonds is 8. The Hall–Kier alpha value is -8.96. The van der Waals surface area contributed by atoms with E-state index in [1.807, 2.05) is 0 Å². The van der Waals surface area contributed by atoms with E-state index in [0.717, 1.165) is 17.1 Å². The molecule has 0 aliphatic carbocycles. The minimum absolute atomic E-state index is 1.13. The van der Waals surface area contributed by atoms with E-state index in [4.69, 9.17) is 0 Å². The smallest absolute Gasteiger partial charge is 0.179 e. The number of nitrogens with zero attached hydrogens (tertiary/aromatic N) is 3. The van der Waals surface area contributed by atoms with Crippen LogP contribution in [0.4, 0.5) is 0 Å². The van der Waals surface area contributed by atoms with E-state index in [1.54, 1.807) is 0 Å². The summed E-state index contributed by atoms with van der Waals surface area (Å²) in [7, 11) is -2.77. The normalized spacial score (nSPS) is 12.0. The molecule has 4 heteroatoms. The Bertz CT molecular complexity index is 4130. The van der Waals surface area contributed by atoms with Crippen molar-refractivity contribution in [1.82, 2.24) is 13.7 Å². The quantitative estimate of drug-likeness (QED) is 0.107. The molecule has 14 aromatic rings. The molecule has 0 saturated carbocycles. The molecule has 3 heterocycles. The van der Waals surface area contributed by atoms with Crippen molar-refractivity contribution in [2.75, 3.05) is 0 Å². The van der Waals surface area contributed by atoms with Gasteiger partial charge < -0.3 is 13.7 Å². The van der Waals surface area contributed by atoms with Crippen molar-refractivity contribution in [3.63, 3.8) is 0 Å². The van der Waals surface area contributed by atoms with Crippen molar-refractivity contribution in [3.8, 4) is 28.2 Å². The third-order valence-electron chi connectivity index (χ3n) is 14.8. The molecular weight excluding hydrogens is 863 g/mol. The van der Waals surface area contributed by atoms with Crippen LogP contribution < -0.4 is 20.7 Å². The average molecular weight is 908 g/mol. The first kappa shape index (κ1) is 40.1. The summed E-state index contributed by atoms with van der Waals surface area (Å²) in [6.07, 6.45) is 0.